The summed E-state index contributed by atoms with van der Waals surface area (Å²) in [5.41, 5.74) is 3.72. The summed E-state index contributed by atoms with van der Waals surface area (Å²) >= 11 is 0. The highest BCUT2D eigenvalue weighted by atomic mass is 16.2. The monoisotopic (exact) mass is 412 g/mol. The van der Waals surface area contributed by atoms with Gasteiger partial charge in [0.05, 0.1) is 17.5 Å². The van der Waals surface area contributed by atoms with E-state index in [0.717, 1.165) is 23.2 Å². The molecule has 7 rings (SSSR count). The molecule has 1 saturated heterocycles. The molecule has 3 fully saturated rings. The molecule has 2 aromatic carbocycles. The maximum atomic E-state index is 13.3. The molecule has 1 heterocycles. The molecule has 5 heteroatoms. The fourth-order valence-corrected chi connectivity index (χ4v) is 6.06. The van der Waals surface area contributed by atoms with Crippen LogP contribution in [0.4, 0.5) is 11.4 Å². The van der Waals surface area contributed by atoms with Crippen molar-refractivity contribution < 1.29 is 14.4 Å². The molecule has 6 atom stereocenters. The highest BCUT2D eigenvalue weighted by molar-refractivity contribution is 6.23. The van der Waals surface area contributed by atoms with Crippen LogP contribution in [0.15, 0.2) is 54.6 Å². The summed E-state index contributed by atoms with van der Waals surface area (Å²) in [4.78, 5) is 40.9. The molecule has 2 saturated carbocycles. The van der Waals surface area contributed by atoms with Crippen molar-refractivity contribution in [3.8, 4) is 0 Å². The Morgan fingerprint density at radius 3 is 2.29 bits per heavy atom. The number of amides is 3. The van der Waals surface area contributed by atoms with E-state index in [2.05, 4.69) is 17.5 Å². The van der Waals surface area contributed by atoms with Gasteiger partial charge in [0.2, 0.25) is 11.8 Å². The Balaban J connectivity index is 1.29. The average Bonchev–Trinajstić information content (AvgIpc) is 3.54. The van der Waals surface area contributed by atoms with Gasteiger partial charge in [-0.25, -0.2) is 4.90 Å². The Hall–Kier alpha value is -3.21. The SMILES string of the molecule is Cc1ccc(C)c(NC(=O)c2cccc(N3C(=O)[C@@H]4[C@H]5C=C[C@@H]([C@@H]6C[C@@H]56)[C@H]4C3=O)c2)c1. The first kappa shape index (κ1) is 18.6. The van der Waals surface area contributed by atoms with Gasteiger partial charge in [0.15, 0.2) is 0 Å². The summed E-state index contributed by atoms with van der Waals surface area (Å²) in [7, 11) is 0. The summed E-state index contributed by atoms with van der Waals surface area (Å²) in [5.74, 6) is 0.589. The zero-order valence-corrected chi connectivity index (χ0v) is 17.5. The summed E-state index contributed by atoms with van der Waals surface area (Å²) in [5, 5.41) is 2.96. The van der Waals surface area contributed by atoms with Gasteiger partial charge in [0.25, 0.3) is 5.91 Å². The lowest BCUT2D eigenvalue weighted by atomic mass is 9.63. The van der Waals surface area contributed by atoms with Crippen LogP contribution in [0, 0.1) is 49.4 Å². The molecule has 2 aromatic rings. The molecule has 5 aliphatic rings. The number of hydrogen-bond donors (Lipinski definition) is 1. The molecule has 31 heavy (non-hydrogen) atoms. The highest BCUT2D eigenvalue weighted by Gasteiger charge is 2.67. The molecular formula is C26H24N2O3. The Morgan fingerprint density at radius 2 is 1.61 bits per heavy atom. The van der Waals surface area contributed by atoms with Gasteiger partial charge in [-0.05, 0) is 79.3 Å². The van der Waals surface area contributed by atoms with Crippen LogP contribution in [-0.4, -0.2) is 17.7 Å². The van der Waals surface area contributed by atoms with Crippen LogP contribution >= 0.6 is 0 Å². The number of anilines is 2. The van der Waals surface area contributed by atoms with Gasteiger partial charge in [0, 0.05) is 11.3 Å². The average molecular weight is 412 g/mol. The molecule has 0 unspecified atom stereocenters. The molecule has 4 aliphatic carbocycles. The molecule has 156 valence electrons. The Labute approximate surface area is 181 Å². The van der Waals surface area contributed by atoms with Crippen molar-refractivity contribution in [2.45, 2.75) is 20.3 Å². The zero-order chi connectivity index (χ0) is 21.4. The van der Waals surface area contributed by atoms with Crippen LogP contribution in [-0.2, 0) is 9.59 Å². The lowest BCUT2D eigenvalue weighted by molar-refractivity contribution is -0.124. The molecular weight excluding hydrogens is 388 g/mol. The van der Waals surface area contributed by atoms with Gasteiger partial charge in [-0.1, -0.05) is 30.4 Å². The lowest BCUT2D eigenvalue weighted by Crippen LogP contribution is -2.40. The third-order valence-corrected chi connectivity index (χ3v) is 7.67. The minimum absolute atomic E-state index is 0.105. The summed E-state index contributed by atoms with van der Waals surface area (Å²) in [6.45, 7) is 3.92. The van der Waals surface area contributed by atoms with Crippen molar-refractivity contribution in [3.63, 3.8) is 0 Å². The van der Waals surface area contributed by atoms with E-state index in [1.165, 1.54) is 4.90 Å². The predicted octanol–water partition coefficient (Wildman–Crippen LogP) is 4.11. The topological polar surface area (TPSA) is 66.5 Å². The van der Waals surface area contributed by atoms with Crippen molar-refractivity contribution in [1.82, 2.24) is 0 Å². The maximum absolute atomic E-state index is 13.3. The van der Waals surface area contributed by atoms with E-state index in [0.29, 0.717) is 23.1 Å². The minimum atomic E-state index is -0.255. The van der Waals surface area contributed by atoms with Gasteiger partial charge in [-0.2, -0.15) is 0 Å². The molecule has 5 nitrogen and oxygen atoms in total. The molecule has 0 radical (unpaired) electrons. The zero-order valence-electron chi connectivity index (χ0n) is 17.5. The first-order valence-corrected chi connectivity index (χ1v) is 11.0. The molecule has 3 amide bonds. The number of aryl methyl sites for hydroxylation is 2. The van der Waals surface area contributed by atoms with Gasteiger partial charge >= 0.3 is 0 Å². The van der Waals surface area contributed by atoms with Crippen LogP contribution < -0.4 is 10.2 Å². The third-order valence-electron chi connectivity index (χ3n) is 7.67. The smallest absolute Gasteiger partial charge is 0.255 e. The second-order valence-electron chi connectivity index (χ2n) is 9.49. The fourth-order valence-electron chi connectivity index (χ4n) is 6.06. The first-order chi connectivity index (χ1) is 14.9. The van der Waals surface area contributed by atoms with Crippen molar-refractivity contribution in [3.05, 3.63) is 71.3 Å². The number of carbonyl (C=O) groups is 3. The van der Waals surface area contributed by atoms with Crippen molar-refractivity contribution in [2.24, 2.45) is 35.5 Å². The fraction of sp³-hybridized carbons (Fsp3) is 0.346. The highest BCUT2D eigenvalue weighted by Crippen LogP contribution is 2.65. The summed E-state index contributed by atoms with van der Waals surface area (Å²) in [6, 6.07) is 12.8. The van der Waals surface area contributed by atoms with Crippen LogP contribution in [0.1, 0.15) is 27.9 Å². The van der Waals surface area contributed by atoms with E-state index < -0.39 is 0 Å². The van der Waals surface area contributed by atoms with Gasteiger partial charge in [-0.15, -0.1) is 0 Å². The predicted molar refractivity (Wildman–Crippen MR) is 118 cm³/mol. The van der Waals surface area contributed by atoms with Gasteiger partial charge in [0.1, 0.15) is 0 Å². The number of benzene rings is 2. The van der Waals surface area contributed by atoms with Gasteiger partial charge in [-0.3, -0.25) is 14.4 Å². The molecule has 2 bridgehead atoms. The normalized spacial score (nSPS) is 32.1. The molecule has 1 N–H and O–H groups in total. The molecule has 0 spiro atoms. The van der Waals surface area contributed by atoms with Crippen LogP contribution in [0.2, 0.25) is 0 Å². The van der Waals surface area contributed by atoms with E-state index in [-0.39, 0.29) is 41.4 Å². The van der Waals surface area contributed by atoms with Crippen LogP contribution in [0.25, 0.3) is 0 Å². The first-order valence-electron chi connectivity index (χ1n) is 11.0. The summed E-state index contributed by atoms with van der Waals surface area (Å²) < 4.78 is 0. The summed E-state index contributed by atoms with van der Waals surface area (Å²) in [6.07, 6.45) is 5.48. The van der Waals surface area contributed by atoms with E-state index >= 15 is 0 Å². The number of imide groups is 1. The van der Waals surface area contributed by atoms with E-state index in [1.54, 1.807) is 24.3 Å². The third kappa shape index (κ3) is 2.65. The van der Waals surface area contributed by atoms with Crippen molar-refractivity contribution >= 4 is 29.1 Å². The molecule has 1 aliphatic heterocycles. The number of allylic oxidation sites excluding steroid dienone is 2. The van der Waals surface area contributed by atoms with Crippen molar-refractivity contribution in [2.75, 3.05) is 10.2 Å². The Kier molecular flexibility index (Phi) is 3.83. The Bertz CT molecular complexity index is 1150. The number of hydrogen-bond acceptors (Lipinski definition) is 3. The second kappa shape index (κ2) is 6.39. The number of nitrogens with zero attached hydrogens (tertiary/aromatic N) is 1. The number of carbonyl (C=O) groups excluding carboxylic acids is 3. The lowest BCUT2D eigenvalue weighted by Gasteiger charge is -2.37. The van der Waals surface area contributed by atoms with E-state index in [1.807, 2.05) is 32.0 Å². The quantitative estimate of drug-likeness (QED) is 0.609. The number of rotatable bonds is 3. The second-order valence-corrected chi connectivity index (χ2v) is 9.49. The van der Waals surface area contributed by atoms with E-state index in [9.17, 15) is 14.4 Å². The van der Waals surface area contributed by atoms with Crippen LogP contribution in [0.5, 0.6) is 0 Å². The van der Waals surface area contributed by atoms with E-state index in [4.69, 9.17) is 0 Å². The van der Waals surface area contributed by atoms with Gasteiger partial charge < -0.3 is 5.32 Å². The van der Waals surface area contributed by atoms with Crippen molar-refractivity contribution in [1.29, 1.82) is 0 Å². The maximum Gasteiger partial charge on any atom is 0.255 e. The Morgan fingerprint density at radius 1 is 0.935 bits per heavy atom. The largest absolute Gasteiger partial charge is 0.322 e. The molecule has 0 aromatic heterocycles. The standard InChI is InChI=1S/C26H24N2O3/c1-13-6-7-14(2)21(10-13)27-24(29)15-4-3-5-16(11-15)28-25(30)22-17-8-9-18(20-12-19(17)20)23(22)26(28)31/h3-11,17-20,22-23H,12H2,1-2H3,(H,27,29)/t17-,18-,19-,20-,22+,23+/m0/s1. The minimum Gasteiger partial charge on any atom is -0.322 e. The van der Waals surface area contributed by atoms with Crippen LogP contribution in [0.3, 0.4) is 0 Å². The number of nitrogens with one attached hydrogen (secondary N) is 1.